The zero-order chi connectivity index (χ0) is 10.1. The highest BCUT2D eigenvalue weighted by molar-refractivity contribution is 5.63. The average molecular weight is 195 g/mol. The summed E-state index contributed by atoms with van der Waals surface area (Å²) >= 11 is 0. The van der Waals surface area contributed by atoms with Crippen molar-refractivity contribution < 1.29 is 13.3 Å². The third-order valence-electron chi connectivity index (χ3n) is 1.95. The molecule has 0 amide bonds. The fourth-order valence-electron chi connectivity index (χ4n) is 1.25. The second-order valence-electron chi connectivity index (χ2n) is 2.94. The number of halogens is 2. The highest BCUT2D eigenvalue weighted by Gasteiger charge is 2.15. The highest BCUT2D eigenvalue weighted by atomic mass is 19.1. The van der Waals surface area contributed by atoms with Gasteiger partial charge in [-0.1, -0.05) is 11.2 Å². The molecule has 2 nitrogen and oxygen atoms in total. The zero-order valence-corrected chi connectivity index (χ0v) is 7.42. The Morgan fingerprint density at radius 3 is 2.36 bits per heavy atom. The summed E-state index contributed by atoms with van der Waals surface area (Å²) in [5.41, 5.74) is 0.674. The van der Waals surface area contributed by atoms with E-state index in [1.54, 1.807) is 6.92 Å². The molecule has 0 fully saturated rings. The summed E-state index contributed by atoms with van der Waals surface area (Å²) in [4.78, 5) is 0. The molecule has 0 aliphatic heterocycles. The molecule has 0 spiro atoms. The van der Waals surface area contributed by atoms with Crippen LogP contribution in [0.5, 0.6) is 0 Å². The summed E-state index contributed by atoms with van der Waals surface area (Å²) in [6.07, 6.45) is 1.35. The fraction of sp³-hybridized carbons (Fsp3) is 0.100. The maximum atomic E-state index is 13.3. The van der Waals surface area contributed by atoms with E-state index in [4.69, 9.17) is 0 Å². The first-order valence-electron chi connectivity index (χ1n) is 4.05. The first-order chi connectivity index (χ1) is 6.70. The molecule has 0 atom stereocenters. The Labute approximate surface area is 79.1 Å². The van der Waals surface area contributed by atoms with E-state index in [-0.39, 0.29) is 11.3 Å². The largest absolute Gasteiger partial charge is 0.364 e. The summed E-state index contributed by atoms with van der Waals surface area (Å²) in [6.45, 7) is 1.68. The van der Waals surface area contributed by atoms with Crippen molar-refractivity contribution in [2.24, 2.45) is 0 Å². The molecule has 0 aliphatic carbocycles. The van der Waals surface area contributed by atoms with Crippen molar-refractivity contribution in [1.29, 1.82) is 0 Å². The number of rotatable bonds is 1. The van der Waals surface area contributed by atoms with Crippen molar-refractivity contribution in [3.05, 3.63) is 41.7 Å². The molecule has 2 rings (SSSR count). The molecule has 0 bridgehead atoms. The molecule has 0 unspecified atom stereocenters. The van der Waals surface area contributed by atoms with Crippen LogP contribution in [0.25, 0.3) is 11.3 Å². The van der Waals surface area contributed by atoms with Crippen molar-refractivity contribution in [2.75, 3.05) is 0 Å². The van der Waals surface area contributed by atoms with Crippen LogP contribution in [0.15, 0.2) is 29.0 Å². The van der Waals surface area contributed by atoms with Crippen molar-refractivity contribution >= 4 is 0 Å². The number of aromatic nitrogens is 1. The molecule has 14 heavy (non-hydrogen) atoms. The van der Waals surface area contributed by atoms with E-state index in [0.29, 0.717) is 5.56 Å². The molecule has 1 aromatic carbocycles. The summed E-state index contributed by atoms with van der Waals surface area (Å²) in [5.74, 6) is -1.27. The van der Waals surface area contributed by atoms with E-state index in [1.165, 1.54) is 24.5 Å². The van der Waals surface area contributed by atoms with Crippen LogP contribution in [0.3, 0.4) is 0 Å². The Kier molecular flexibility index (Phi) is 2.04. The van der Waals surface area contributed by atoms with Gasteiger partial charge in [0.1, 0.15) is 23.6 Å². The maximum Gasteiger partial charge on any atom is 0.135 e. The normalized spacial score (nSPS) is 10.5. The second-order valence-corrected chi connectivity index (χ2v) is 2.94. The van der Waals surface area contributed by atoms with Gasteiger partial charge in [-0.25, -0.2) is 8.78 Å². The molecule has 0 saturated heterocycles. The van der Waals surface area contributed by atoms with E-state index in [2.05, 4.69) is 9.68 Å². The fourth-order valence-corrected chi connectivity index (χ4v) is 1.25. The van der Waals surface area contributed by atoms with Crippen LogP contribution in [0.1, 0.15) is 5.56 Å². The Hall–Kier alpha value is -1.71. The molecule has 1 aromatic heterocycles. The second kappa shape index (κ2) is 3.21. The molecule has 0 saturated carbocycles. The smallest absolute Gasteiger partial charge is 0.135 e. The van der Waals surface area contributed by atoms with Gasteiger partial charge in [-0.2, -0.15) is 0 Å². The quantitative estimate of drug-likeness (QED) is 0.699. The van der Waals surface area contributed by atoms with E-state index in [1.807, 2.05) is 0 Å². The standard InChI is InChI=1S/C10H7F2NO/c1-6-5-14-13-10(6)9-7(11)3-2-4-8(9)12/h2-5H,1H3. The summed E-state index contributed by atoms with van der Waals surface area (Å²) in [6, 6.07) is 3.68. The van der Waals surface area contributed by atoms with Crippen molar-refractivity contribution in [1.82, 2.24) is 5.16 Å². The molecule has 0 aliphatic rings. The number of hydrogen-bond donors (Lipinski definition) is 0. The van der Waals surface area contributed by atoms with Crippen LogP contribution in [0.2, 0.25) is 0 Å². The van der Waals surface area contributed by atoms with Crippen molar-refractivity contribution in [3.8, 4) is 11.3 Å². The number of benzene rings is 1. The van der Waals surface area contributed by atoms with E-state index in [0.717, 1.165) is 0 Å². The topological polar surface area (TPSA) is 26.0 Å². The lowest BCUT2D eigenvalue weighted by molar-refractivity contribution is 0.420. The molecule has 0 N–H and O–H groups in total. The van der Waals surface area contributed by atoms with Crippen molar-refractivity contribution in [2.45, 2.75) is 6.92 Å². The number of hydrogen-bond acceptors (Lipinski definition) is 2. The SMILES string of the molecule is Cc1conc1-c1c(F)cccc1F. The first kappa shape index (κ1) is 8.87. The monoisotopic (exact) mass is 195 g/mol. The Morgan fingerprint density at radius 2 is 1.86 bits per heavy atom. The molecular formula is C10H7F2NO. The van der Waals surface area contributed by atoms with Crippen LogP contribution in [0.4, 0.5) is 8.78 Å². The lowest BCUT2D eigenvalue weighted by atomic mass is 10.1. The molecule has 2 aromatic rings. The number of aryl methyl sites for hydroxylation is 1. The zero-order valence-electron chi connectivity index (χ0n) is 7.42. The van der Waals surface area contributed by atoms with Crippen LogP contribution < -0.4 is 0 Å². The lowest BCUT2D eigenvalue weighted by Crippen LogP contribution is -1.90. The minimum atomic E-state index is -0.637. The van der Waals surface area contributed by atoms with Crippen LogP contribution in [0, 0.1) is 18.6 Å². The van der Waals surface area contributed by atoms with E-state index < -0.39 is 11.6 Å². The van der Waals surface area contributed by atoms with E-state index >= 15 is 0 Å². The minimum absolute atomic E-state index is 0.140. The van der Waals surface area contributed by atoms with Gasteiger partial charge in [-0.05, 0) is 19.1 Å². The van der Waals surface area contributed by atoms with E-state index in [9.17, 15) is 8.78 Å². The van der Waals surface area contributed by atoms with Crippen LogP contribution >= 0.6 is 0 Å². The molecule has 0 radical (unpaired) electrons. The Bertz CT molecular complexity index is 445. The minimum Gasteiger partial charge on any atom is -0.364 e. The maximum absolute atomic E-state index is 13.3. The van der Waals surface area contributed by atoms with Gasteiger partial charge in [0.15, 0.2) is 0 Å². The van der Waals surface area contributed by atoms with Gasteiger partial charge < -0.3 is 4.52 Å². The van der Waals surface area contributed by atoms with Gasteiger partial charge in [-0.15, -0.1) is 0 Å². The van der Waals surface area contributed by atoms with Gasteiger partial charge in [0.25, 0.3) is 0 Å². The Morgan fingerprint density at radius 1 is 1.21 bits per heavy atom. The first-order valence-corrected chi connectivity index (χ1v) is 4.05. The third-order valence-corrected chi connectivity index (χ3v) is 1.95. The number of nitrogens with zero attached hydrogens (tertiary/aromatic N) is 1. The predicted octanol–water partition coefficient (Wildman–Crippen LogP) is 2.93. The highest BCUT2D eigenvalue weighted by Crippen LogP contribution is 2.26. The summed E-state index contributed by atoms with van der Waals surface area (Å²) < 4.78 is 31.2. The van der Waals surface area contributed by atoms with Gasteiger partial charge >= 0.3 is 0 Å². The van der Waals surface area contributed by atoms with Crippen LogP contribution in [-0.4, -0.2) is 5.16 Å². The van der Waals surface area contributed by atoms with Crippen molar-refractivity contribution in [3.63, 3.8) is 0 Å². The predicted molar refractivity (Wildman–Crippen MR) is 46.6 cm³/mol. The van der Waals surface area contributed by atoms with Gasteiger partial charge in [0.2, 0.25) is 0 Å². The van der Waals surface area contributed by atoms with Gasteiger partial charge in [0, 0.05) is 5.56 Å². The van der Waals surface area contributed by atoms with Gasteiger partial charge in [0.05, 0.1) is 5.56 Å². The average Bonchev–Trinajstić information content (AvgIpc) is 2.52. The van der Waals surface area contributed by atoms with Gasteiger partial charge in [-0.3, -0.25) is 0 Å². The molecular weight excluding hydrogens is 188 g/mol. The summed E-state index contributed by atoms with van der Waals surface area (Å²) in [7, 11) is 0. The Balaban J connectivity index is 2.68. The van der Waals surface area contributed by atoms with Crippen LogP contribution in [-0.2, 0) is 0 Å². The molecule has 4 heteroatoms. The molecule has 72 valence electrons. The summed E-state index contributed by atoms with van der Waals surface area (Å²) in [5, 5.41) is 3.55. The lowest BCUT2D eigenvalue weighted by Gasteiger charge is -2.00. The molecule has 1 heterocycles. The third kappa shape index (κ3) is 1.28.